The first kappa shape index (κ1) is 24.8. The molecular formula is C30H36N4O4. The lowest BCUT2D eigenvalue weighted by atomic mass is 9.81. The Labute approximate surface area is 223 Å². The molecule has 6 rings (SSSR count). The van der Waals surface area contributed by atoms with Crippen LogP contribution >= 0.6 is 0 Å². The van der Waals surface area contributed by atoms with E-state index in [0.717, 1.165) is 65.3 Å². The molecule has 0 saturated carbocycles. The van der Waals surface area contributed by atoms with Crippen LogP contribution in [-0.2, 0) is 11.2 Å². The van der Waals surface area contributed by atoms with Crippen molar-refractivity contribution in [1.82, 2.24) is 19.7 Å². The smallest absolute Gasteiger partial charge is 0.328 e. The molecule has 2 atom stereocenters. The second-order valence-corrected chi connectivity index (χ2v) is 11.2. The molecule has 0 aliphatic carbocycles. The van der Waals surface area contributed by atoms with Gasteiger partial charge in [0.15, 0.2) is 0 Å². The summed E-state index contributed by atoms with van der Waals surface area (Å²) in [4.78, 5) is 37.2. The number of nitrogens with one attached hydrogen (secondary N) is 1. The van der Waals surface area contributed by atoms with Crippen molar-refractivity contribution in [2.45, 2.75) is 51.6 Å². The van der Waals surface area contributed by atoms with Crippen LogP contribution in [0.1, 0.15) is 56.5 Å². The summed E-state index contributed by atoms with van der Waals surface area (Å²) in [6.07, 6.45) is 2.71. The van der Waals surface area contributed by atoms with Gasteiger partial charge in [-0.25, -0.2) is 4.79 Å². The lowest BCUT2D eigenvalue weighted by Crippen LogP contribution is -2.53. The fourth-order valence-corrected chi connectivity index (χ4v) is 6.51. The fraction of sp³-hybridized carbons (Fsp3) is 0.467. The Balaban J connectivity index is 1.41. The van der Waals surface area contributed by atoms with E-state index in [1.807, 2.05) is 38.1 Å². The number of H-pyrrole nitrogens is 1. The molecule has 2 aromatic carbocycles. The van der Waals surface area contributed by atoms with Crippen molar-refractivity contribution in [3.8, 4) is 11.5 Å². The SMILES string of the molecule is CCOc1ccc2[nH]c3c(c2c1)C[C@@]1(C)C(=O)N(CCN2CCC(C)CC2)C(=O)N1[C@@H]3c1cccc(O)c1. The predicted octanol–water partition coefficient (Wildman–Crippen LogP) is 4.67. The Bertz CT molecular complexity index is 1390. The molecule has 3 amide bonds. The zero-order chi connectivity index (χ0) is 26.6. The summed E-state index contributed by atoms with van der Waals surface area (Å²) < 4.78 is 5.77. The molecule has 0 spiro atoms. The number of imide groups is 1. The first-order valence-electron chi connectivity index (χ1n) is 13.7. The van der Waals surface area contributed by atoms with Gasteiger partial charge < -0.3 is 19.7 Å². The summed E-state index contributed by atoms with van der Waals surface area (Å²) in [6, 6.07) is 12.1. The molecular weight excluding hydrogens is 480 g/mol. The minimum Gasteiger partial charge on any atom is -0.508 e. The maximum absolute atomic E-state index is 14.0. The Morgan fingerprint density at radius 2 is 1.89 bits per heavy atom. The Hall–Kier alpha value is -3.52. The molecule has 4 heterocycles. The van der Waals surface area contributed by atoms with Crippen molar-refractivity contribution < 1.29 is 19.4 Å². The van der Waals surface area contributed by atoms with E-state index in [1.54, 1.807) is 23.1 Å². The number of carbonyl (C=O) groups excluding carboxylic acids is 2. The van der Waals surface area contributed by atoms with Gasteiger partial charge in [-0.15, -0.1) is 0 Å². The summed E-state index contributed by atoms with van der Waals surface area (Å²) in [5.74, 6) is 1.47. The molecule has 0 bridgehead atoms. The zero-order valence-corrected chi connectivity index (χ0v) is 22.4. The fourth-order valence-electron chi connectivity index (χ4n) is 6.51. The van der Waals surface area contributed by atoms with Crippen molar-refractivity contribution >= 4 is 22.8 Å². The summed E-state index contributed by atoms with van der Waals surface area (Å²) in [5, 5.41) is 11.3. The normalized spacial score (nSPS) is 24.2. The van der Waals surface area contributed by atoms with Gasteiger partial charge in [-0.05, 0) is 87.2 Å². The minimum absolute atomic E-state index is 0.125. The van der Waals surface area contributed by atoms with Crippen LogP contribution in [0, 0.1) is 5.92 Å². The Kier molecular flexibility index (Phi) is 6.10. The van der Waals surface area contributed by atoms with Gasteiger partial charge >= 0.3 is 6.03 Å². The number of piperidine rings is 1. The highest BCUT2D eigenvalue weighted by atomic mass is 16.5. The number of rotatable bonds is 6. The van der Waals surface area contributed by atoms with Crippen molar-refractivity contribution in [1.29, 1.82) is 0 Å². The monoisotopic (exact) mass is 516 g/mol. The van der Waals surface area contributed by atoms with Crippen LogP contribution in [0.2, 0.25) is 0 Å². The van der Waals surface area contributed by atoms with E-state index in [9.17, 15) is 14.7 Å². The molecule has 3 aliphatic heterocycles. The lowest BCUT2D eigenvalue weighted by Gasteiger charge is -2.42. The van der Waals surface area contributed by atoms with Gasteiger partial charge in [0.05, 0.1) is 6.61 Å². The Morgan fingerprint density at radius 1 is 1.11 bits per heavy atom. The summed E-state index contributed by atoms with van der Waals surface area (Å²) in [7, 11) is 0. The standard InChI is InChI=1S/C30H36N4O4/c1-4-38-22-8-9-25-23(17-22)24-18-30(3)28(36)33(15-14-32-12-10-19(2)11-13-32)29(37)34(30)27(26(24)31-25)20-6-5-7-21(35)16-20/h5-9,16-17,19,27,31,35H,4,10-15,18H2,1-3H3/t27-,30+/m1/s1. The number of benzene rings is 2. The number of nitrogens with zero attached hydrogens (tertiary/aromatic N) is 3. The topological polar surface area (TPSA) is 89.1 Å². The number of amides is 3. The third-order valence-corrected chi connectivity index (χ3v) is 8.65. The van der Waals surface area contributed by atoms with Crippen LogP contribution in [0.25, 0.3) is 10.9 Å². The third kappa shape index (κ3) is 3.93. The lowest BCUT2D eigenvalue weighted by molar-refractivity contribution is -0.133. The number of phenolic OH excluding ortho intramolecular Hbond substituents is 1. The number of urea groups is 1. The molecule has 2 fully saturated rings. The van der Waals surface area contributed by atoms with Crippen LogP contribution in [0.15, 0.2) is 42.5 Å². The Morgan fingerprint density at radius 3 is 2.63 bits per heavy atom. The highest BCUT2D eigenvalue weighted by molar-refractivity contribution is 6.08. The van der Waals surface area contributed by atoms with Gasteiger partial charge in [0.1, 0.15) is 23.1 Å². The number of aromatic nitrogens is 1. The van der Waals surface area contributed by atoms with Crippen molar-refractivity contribution in [3.63, 3.8) is 0 Å². The van der Waals surface area contributed by atoms with Gasteiger partial charge in [0.25, 0.3) is 5.91 Å². The number of carbonyl (C=O) groups is 2. The molecule has 3 aliphatic rings. The van der Waals surface area contributed by atoms with Crippen LogP contribution < -0.4 is 4.74 Å². The summed E-state index contributed by atoms with van der Waals surface area (Å²) in [6.45, 7) is 9.76. The van der Waals surface area contributed by atoms with Gasteiger partial charge in [-0.3, -0.25) is 14.6 Å². The van der Waals surface area contributed by atoms with Crippen molar-refractivity contribution in [2.24, 2.45) is 5.92 Å². The summed E-state index contributed by atoms with van der Waals surface area (Å²) in [5.41, 5.74) is 2.56. The quantitative estimate of drug-likeness (QED) is 0.465. The van der Waals surface area contributed by atoms with Gasteiger partial charge in [-0.2, -0.15) is 0 Å². The van der Waals surface area contributed by atoms with Crippen molar-refractivity contribution in [3.05, 3.63) is 59.3 Å². The van der Waals surface area contributed by atoms with Crippen LogP contribution in [0.3, 0.4) is 0 Å². The van der Waals surface area contributed by atoms with E-state index in [-0.39, 0.29) is 17.7 Å². The second kappa shape index (κ2) is 9.34. The second-order valence-electron chi connectivity index (χ2n) is 11.2. The highest BCUT2D eigenvalue weighted by Crippen LogP contribution is 2.49. The number of aromatic amines is 1. The largest absolute Gasteiger partial charge is 0.508 e. The molecule has 3 aromatic rings. The molecule has 1 aromatic heterocycles. The van der Waals surface area contributed by atoms with Gasteiger partial charge in [0, 0.05) is 36.1 Å². The molecule has 200 valence electrons. The molecule has 2 N–H and O–H groups in total. The van der Waals surface area contributed by atoms with Crippen LogP contribution in [0.4, 0.5) is 4.79 Å². The highest BCUT2D eigenvalue weighted by Gasteiger charge is 2.60. The summed E-state index contributed by atoms with van der Waals surface area (Å²) >= 11 is 0. The number of likely N-dealkylation sites (tertiary alicyclic amines) is 1. The zero-order valence-electron chi connectivity index (χ0n) is 22.4. The number of hydrogen-bond donors (Lipinski definition) is 2. The maximum atomic E-state index is 14.0. The average Bonchev–Trinajstić information content (AvgIpc) is 3.34. The van der Waals surface area contributed by atoms with E-state index in [2.05, 4.69) is 16.8 Å². The molecule has 0 unspecified atom stereocenters. The number of phenols is 1. The molecule has 38 heavy (non-hydrogen) atoms. The first-order valence-corrected chi connectivity index (χ1v) is 13.7. The van der Waals surface area contributed by atoms with Crippen molar-refractivity contribution in [2.75, 3.05) is 32.8 Å². The molecule has 8 heteroatoms. The van der Waals surface area contributed by atoms with Crippen LogP contribution in [-0.4, -0.2) is 75.1 Å². The van der Waals surface area contributed by atoms with E-state index in [1.165, 1.54) is 4.90 Å². The van der Waals surface area contributed by atoms with E-state index < -0.39 is 11.6 Å². The van der Waals surface area contributed by atoms with E-state index >= 15 is 0 Å². The molecule has 0 radical (unpaired) electrons. The minimum atomic E-state index is -1.03. The third-order valence-electron chi connectivity index (χ3n) is 8.65. The first-order chi connectivity index (χ1) is 18.3. The number of hydrogen-bond acceptors (Lipinski definition) is 5. The number of aromatic hydroxyl groups is 1. The van der Waals surface area contributed by atoms with Gasteiger partial charge in [-0.1, -0.05) is 19.1 Å². The number of ether oxygens (including phenoxy) is 1. The number of fused-ring (bicyclic) bond motifs is 4. The van der Waals surface area contributed by atoms with E-state index in [4.69, 9.17) is 4.74 Å². The molecule has 2 saturated heterocycles. The maximum Gasteiger partial charge on any atom is 0.328 e. The van der Waals surface area contributed by atoms with Gasteiger partial charge in [0.2, 0.25) is 0 Å². The molecule has 8 nitrogen and oxygen atoms in total. The van der Waals surface area contributed by atoms with E-state index in [0.29, 0.717) is 26.1 Å². The average molecular weight is 517 g/mol. The van der Waals surface area contributed by atoms with Crippen LogP contribution in [0.5, 0.6) is 11.5 Å². The predicted molar refractivity (Wildman–Crippen MR) is 145 cm³/mol.